The monoisotopic (exact) mass is 439 g/mol. The van der Waals surface area contributed by atoms with Gasteiger partial charge in [0.15, 0.2) is 0 Å². The molecule has 0 saturated carbocycles. The molecule has 0 saturated heterocycles. The second kappa shape index (κ2) is 10.1. The van der Waals surface area contributed by atoms with Crippen LogP contribution in [0, 0.1) is 0 Å². The van der Waals surface area contributed by atoms with Crippen molar-refractivity contribution in [2.75, 3.05) is 7.11 Å². The highest BCUT2D eigenvalue weighted by molar-refractivity contribution is 9.10. The number of ether oxygens (including phenoxy) is 2. The third-order valence-electron chi connectivity index (χ3n) is 4.24. The fourth-order valence-electron chi connectivity index (χ4n) is 2.77. The first-order valence-corrected chi connectivity index (χ1v) is 9.76. The van der Waals surface area contributed by atoms with Gasteiger partial charge in [0.2, 0.25) is 0 Å². The Balaban J connectivity index is 1.55. The molecule has 3 aromatic carbocycles. The lowest BCUT2D eigenvalue weighted by Crippen LogP contribution is -2.23. The average Bonchev–Trinajstić information content (AvgIpc) is 2.73. The van der Waals surface area contributed by atoms with Crippen LogP contribution in [0.2, 0.25) is 0 Å². The highest BCUT2D eigenvalue weighted by atomic mass is 79.9. The van der Waals surface area contributed by atoms with Crippen molar-refractivity contribution in [2.24, 2.45) is 0 Å². The zero-order chi connectivity index (χ0) is 19.8. The first-order chi connectivity index (χ1) is 13.7. The lowest BCUT2D eigenvalue weighted by molar-refractivity contribution is 0.0949. The first kappa shape index (κ1) is 20.1. The highest BCUT2D eigenvalue weighted by Gasteiger charge is 2.11. The van der Waals surface area contributed by atoms with Crippen molar-refractivity contribution in [3.63, 3.8) is 0 Å². The molecule has 0 heterocycles. The fraction of sp³-hybridized carbons (Fsp3) is 0.174. The highest BCUT2D eigenvalue weighted by Crippen LogP contribution is 2.22. The van der Waals surface area contributed by atoms with Crippen molar-refractivity contribution in [1.29, 1.82) is 0 Å². The van der Waals surface area contributed by atoms with E-state index in [0.29, 0.717) is 31.1 Å². The lowest BCUT2D eigenvalue weighted by Gasteiger charge is -2.10. The van der Waals surface area contributed by atoms with Crippen LogP contribution in [0.25, 0.3) is 0 Å². The van der Waals surface area contributed by atoms with Crippen LogP contribution in [0.5, 0.6) is 5.75 Å². The van der Waals surface area contributed by atoms with Crippen molar-refractivity contribution in [3.8, 4) is 5.75 Å². The molecule has 1 amide bonds. The van der Waals surface area contributed by atoms with Crippen molar-refractivity contribution >= 4 is 21.8 Å². The van der Waals surface area contributed by atoms with E-state index in [1.165, 1.54) is 0 Å². The van der Waals surface area contributed by atoms with Gasteiger partial charge in [-0.1, -0.05) is 54.6 Å². The summed E-state index contributed by atoms with van der Waals surface area (Å²) >= 11 is 3.41. The Hall–Kier alpha value is -2.63. The summed E-state index contributed by atoms with van der Waals surface area (Å²) in [7, 11) is 1.58. The second-order valence-electron chi connectivity index (χ2n) is 6.33. The average molecular weight is 440 g/mol. The van der Waals surface area contributed by atoms with Gasteiger partial charge < -0.3 is 14.8 Å². The topological polar surface area (TPSA) is 47.6 Å². The summed E-state index contributed by atoms with van der Waals surface area (Å²) in [6, 6.07) is 23.4. The second-order valence-corrected chi connectivity index (χ2v) is 7.18. The van der Waals surface area contributed by atoms with Gasteiger partial charge in [-0.2, -0.15) is 0 Å². The van der Waals surface area contributed by atoms with Gasteiger partial charge in [0, 0.05) is 11.0 Å². The SMILES string of the molecule is COc1ccc(Br)c(C(=O)NCc2cccc(COCc3ccccc3)c2)c1. The van der Waals surface area contributed by atoms with E-state index in [9.17, 15) is 4.79 Å². The number of halogens is 1. The van der Waals surface area contributed by atoms with Gasteiger partial charge in [-0.25, -0.2) is 0 Å². The van der Waals surface area contributed by atoms with Crippen LogP contribution in [0.3, 0.4) is 0 Å². The van der Waals surface area contributed by atoms with E-state index >= 15 is 0 Å². The minimum absolute atomic E-state index is 0.156. The summed E-state index contributed by atoms with van der Waals surface area (Å²) in [6.07, 6.45) is 0. The van der Waals surface area contributed by atoms with Crippen molar-refractivity contribution in [2.45, 2.75) is 19.8 Å². The first-order valence-electron chi connectivity index (χ1n) is 8.97. The Bertz CT molecular complexity index is 928. The number of nitrogens with one attached hydrogen (secondary N) is 1. The smallest absolute Gasteiger partial charge is 0.252 e. The van der Waals surface area contributed by atoms with Gasteiger partial charge in [-0.15, -0.1) is 0 Å². The van der Waals surface area contributed by atoms with Crippen molar-refractivity contribution in [3.05, 3.63) is 99.5 Å². The number of rotatable bonds is 8. The summed E-state index contributed by atoms with van der Waals surface area (Å²) in [6.45, 7) is 1.54. The molecule has 4 nitrogen and oxygen atoms in total. The Morgan fingerprint density at radius 1 is 0.893 bits per heavy atom. The Kier molecular flexibility index (Phi) is 7.23. The zero-order valence-electron chi connectivity index (χ0n) is 15.7. The van der Waals surface area contributed by atoms with Crippen LogP contribution in [0.15, 0.2) is 77.3 Å². The molecule has 3 aromatic rings. The maximum absolute atomic E-state index is 12.5. The molecule has 0 radical (unpaired) electrons. The lowest BCUT2D eigenvalue weighted by atomic mass is 10.1. The van der Waals surface area contributed by atoms with Gasteiger partial charge >= 0.3 is 0 Å². The summed E-state index contributed by atoms with van der Waals surface area (Å²) in [5, 5.41) is 2.95. The molecule has 0 aliphatic carbocycles. The number of carbonyl (C=O) groups is 1. The quantitative estimate of drug-likeness (QED) is 0.530. The maximum atomic E-state index is 12.5. The normalized spacial score (nSPS) is 10.5. The van der Waals surface area contributed by atoms with E-state index in [1.54, 1.807) is 25.3 Å². The molecule has 1 N–H and O–H groups in total. The summed E-state index contributed by atoms with van der Waals surface area (Å²) in [5.41, 5.74) is 3.79. The van der Waals surface area contributed by atoms with Crippen molar-refractivity contribution < 1.29 is 14.3 Å². The molecule has 0 unspecified atom stereocenters. The van der Waals surface area contributed by atoms with Gasteiger partial charge in [-0.3, -0.25) is 4.79 Å². The molecule has 0 aromatic heterocycles. The molecule has 0 bridgehead atoms. The summed E-state index contributed by atoms with van der Waals surface area (Å²) in [5.74, 6) is 0.488. The molecule has 0 spiro atoms. The van der Waals surface area contributed by atoms with Gasteiger partial charge in [0.25, 0.3) is 5.91 Å². The number of hydrogen-bond acceptors (Lipinski definition) is 3. The molecular formula is C23H22BrNO3. The third-order valence-corrected chi connectivity index (χ3v) is 4.93. The number of carbonyl (C=O) groups excluding carboxylic acids is 1. The van der Waals surface area contributed by atoms with Crippen LogP contribution in [-0.2, 0) is 24.5 Å². The zero-order valence-corrected chi connectivity index (χ0v) is 17.2. The molecule has 5 heteroatoms. The van der Waals surface area contributed by atoms with E-state index in [-0.39, 0.29) is 5.91 Å². The minimum Gasteiger partial charge on any atom is -0.497 e. The molecule has 3 rings (SSSR count). The molecule has 0 atom stereocenters. The Morgan fingerprint density at radius 2 is 1.61 bits per heavy atom. The van der Waals surface area contributed by atoms with Crippen LogP contribution in [-0.4, -0.2) is 13.0 Å². The maximum Gasteiger partial charge on any atom is 0.252 e. The number of hydrogen-bond donors (Lipinski definition) is 1. The Morgan fingerprint density at radius 3 is 2.39 bits per heavy atom. The number of amides is 1. The summed E-state index contributed by atoms with van der Waals surface area (Å²) in [4.78, 5) is 12.5. The molecule has 28 heavy (non-hydrogen) atoms. The van der Waals surface area contributed by atoms with Crippen LogP contribution in [0.1, 0.15) is 27.0 Å². The van der Waals surface area contributed by atoms with E-state index in [1.807, 2.05) is 54.6 Å². The Labute approximate surface area is 173 Å². The standard InChI is InChI=1S/C23H22BrNO3/c1-27-20-10-11-22(24)21(13-20)23(26)25-14-18-8-5-9-19(12-18)16-28-15-17-6-3-2-4-7-17/h2-13H,14-16H2,1H3,(H,25,26). The molecular weight excluding hydrogens is 418 g/mol. The van der Waals surface area contributed by atoms with E-state index in [0.717, 1.165) is 21.2 Å². The largest absolute Gasteiger partial charge is 0.497 e. The van der Waals surface area contributed by atoms with Crippen molar-refractivity contribution in [1.82, 2.24) is 5.32 Å². The van der Waals surface area contributed by atoms with Crippen LogP contribution >= 0.6 is 15.9 Å². The van der Waals surface area contributed by atoms with E-state index in [4.69, 9.17) is 9.47 Å². The molecule has 0 aliphatic rings. The third kappa shape index (κ3) is 5.68. The molecule has 144 valence electrons. The molecule has 0 aliphatic heterocycles. The van der Waals surface area contributed by atoms with Gasteiger partial charge in [0.1, 0.15) is 5.75 Å². The predicted molar refractivity (Wildman–Crippen MR) is 113 cm³/mol. The minimum atomic E-state index is -0.156. The number of benzene rings is 3. The fourth-order valence-corrected chi connectivity index (χ4v) is 3.20. The molecule has 0 fully saturated rings. The van der Waals surface area contributed by atoms with E-state index < -0.39 is 0 Å². The van der Waals surface area contributed by atoms with Crippen LogP contribution in [0.4, 0.5) is 0 Å². The number of methoxy groups -OCH3 is 1. The predicted octanol–water partition coefficient (Wildman–Crippen LogP) is 5.10. The van der Waals surface area contributed by atoms with Gasteiger partial charge in [0.05, 0.1) is 25.9 Å². The summed E-state index contributed by atoms with van der Waals surface area (Å²) < 4.78 is 11.7. The van der Waals surface area contributed by atoms with Crippen LogP contribution < -0.4 is 10.1 Å². The van der Waals surface area contributed by atoms with Gasteiger partial charge in [-0.05, 0) is 50.8 Å². The van der Waals surface area contributed by atoms with E-state index in [2.05, 4.69) is 21.2 Å².